The molecular weight excluding hydrogens is 342 g/mol. The molecule has 1 aromatic carbocycles. The van der Waals surface area contributed by atoms with Crippen molar-refractivity contribution in [1.29, 1.82) is 0 Å². The van der Waals surface area contributed by atoms with Crippen molar-refractivity contribution in [3.8, 4) is 5.75 Å². The molecule has 3 rings (SSSR count). The van der Waals surface area contributed by atoms with E-state index in [2.05, 4.69) is 10.3 Å². The smallest absolute Gasteiger partial charge is 0.260 e. The summed E-state index contributed by atoms with van der Waals surface area (Å²) in [7, 11) is 0. The van der Waals surface area contributed by atoms with Crippen molar-refractivity contribution in [3.05, 3.63) is 53.7 Å². The minimum Gasteiger partial charge on any atom is -0.483 e. The summed E-state index contributed by atoms with van der Waals surface area (Å²) in [4.78, 5) is 30.7. The number of likely N-dealkylation sites (tertiary alicyclic amines) is 1. The number of nitrogens with zero attached hydrogens (tertiary/aromatic N) is 2. The number of pyridine rings is 1. The number of anilines is 1. The van der Waals surface area contributed by atoms with Gasteiger partial charge >= 0.3 is 0 Å². The Kier molecular flexibility index (Phi) is 6.06. The molecule has 1 fully saturated rings. The van der Waals surface area contributed by atoms with Crippen molar-refractivity contribution in [2.24, 2.45) is 5.92 Å². The summed E-state index contributed by atoms with van der Waals surface area (Å²) in [6, 6.07) is 11.4. The largest absolute Gasteiger partial charge is 0.483 e. The van der Waals surface area contributed by atoms with E-state index in [-0.39, 0.29) is 24.3 Å². The second-order valence-electron chi connectivity index (χ2n) is 6.92. The van der Waals surface area contributed by atoms with Crippen LogP contribution in [0, 0.1) is 19.8 Å². The van der Waals surface area contributed by atoms with Gasteiger partial charge in [-0.05, 0) is 56.0 Å². The van der Waals surface area contributed by atoms with Crippen LogP contribution in [-0.2, 0) is 9.59 Å². The summed E-state index contributed by atoms with van der Waals surface area (Å²) in [6.45, 7) is 5.11. The Balaban J connectivity index is 1.46. The average Bonchev–Trinajstić information content (AvgIpc) is 2.69. The molecule has 1 aromatic heterocycles. The second-order valence-corrected chi connectivity index (χ2v) is 6.92. The van der Waals surface area contributed by atoms with Crippen molar-refractivity contribution >= 4 is 17.6 Å². The second kappa shape index (κ2) is 8.66. The van der Waals surface area contributed by atoms with Gasteiger partial charge in [0.25, 0.3) is 5.91 Å². The lowest BCUT2D eigenvalue weighted by molar-refractivity contribution is -0.136. The highest BCUT2D eigenvalue weighted by Gasteiger charge is 2.27. The molecule has 2 amide bonds. The van der Waals surface area contributed by atoms with Crippen LogP contribution in [-0.4, -0.2) is 41.4 Å². The van der Waals surface area contributed by atoms with Gasteiger partial charge in [-0.3, -0.25) is 9.59 Å². The van der Waals surface area contributed by atoms with E-state index in [0.717, 1.165) is 16.9 Å². The number of hydrogen-bond donors (Lipinski definition) is 1. The summed E-state index contributed by atoms with van der Waals surface area (Å²) in [5.41, 5.74) is 2.11. The number of rotatable bonds is 5. The Bertz CT molecular complexity index is 800. The monoisotopic (exact) mass is 367 g/mol. The van der Waals surface area contributed by atoms with E-state index in [0.29, 0.717) is 31.7 Å². The number of carbonyl (C=O) groups is 2. The van der Waals surface area contributed by atoms with Crippen molar-refractivity contribution in [2.45, 2.75) is 26.7 Å². The molecule has 0 unspecified atom stereocenters. The molecule has 0 radical (unpaired) electrons. The van der Waals surface area contributed by atoms with Crippen molar-refractivity contribution in [2.75, 3.05) is 25.0 Å². The first kappa shape index (κ1) is 18.9. The lowest BCUT2D eigenvalue weighted by Crippen LogP contribution is -2.43. The summed E-state index contributed by atoms with van der Waals surface area (Å²) in [5.74, 6) is 1.12. The molecule has 2 aromatic rings. The van der Waals surface area contributed by atoms with E-state index in [1.807, 2.05) is 38.1 Å². The first-order chi connectivity index (χ1) is 13.0. The number of amides is 2. The van der Waals surface area contributed by atoms with E-state index >= 15 is 0 Å². The molecule has 0 saturated carbocycles. The lowest BCUT2D eigenvalue weighted by Gasteiger charge is -2.31. The standard InChI is InChI=1S/C21H25N3O3/c1-15-6-7-16(2)18(13-15)27-14-20(25)24-11-8-17(9-12-24)21(26)23-19-5-3-4-10-22-19/h3-7,10,13,17H,8-9,11-12,14H2,1-2H3,(H,22,23,26). The molecule has 0 spiro atoms. The molecule has 1 saturated heterocycles. The molecule has 1 aliphatic rings. The highest BCUT2D eigenvalue weighted by Crippen LogP contribution is 2.21. The Labute approximate surface area is 159 Å². The van der Waals surface area contributed by atoms with Crippen LogP contribution < -0.4 is 10.1 Å². The lowest BCUT2D eigenvalue weighted by atomic mass is 9.96. The maximum atomic E-state index is 12.4. The molecule has 1 N–H and O–H groups in total. The fraction of sp³-hybridized carbons (Fsp3) is 0.381. The highest BCUT2D eigenvalue weighted by molar-refractivity contribution is 5.91. The SMILES string of the molecule is Cc1ccc(C)c(OCC(=O)N2CCC(C(=O)Nc3ccccn3)CC2)c1. The third-order valence-electron chi connectivity index (χ3n) is 4.83. The molecule has 142 valence electrons. The van der Waals surface area contributed by atoms with Gasteiger partial charge in [0.15, 0.2) is 6.61 Å². The van der Waals surface area contributed by atoms with E-state index in [4.69, 9.17) is 4.74 Å². The predicted molar refractivity (Wildman–Crippen MR) is 104 cm³/mol. The van der Waals surface area contributed by atoms with Gasteiger partial charge in [0.2, 0.25) is 5.91 Å². The van der Waals surface area contributed by atoms with Crippen molar-refractivity contribution < 1.29 is 14.3 Å². The number of piperidine rings is 1. The summed E-state index contributed by atoms with van der Waals surface area (Å²) < 4.78 is 5.71. The number of aryl methyl sites for hydroxylation is 2. The minimum atomic E-state index is -0.101. The summed E-state index contributed by atoms with van der Waals surface area (Å²) in [6.07, 6.45) is 2.94. The molecule has 6 heteroatoms. The van der Waals surface area contributed by atoms with Crippen molar-refractivity contribution in [3.63, 3.8) is 0 Å². The van der Waals surface area contributed by atoms with Crippen LogP contribution in [0.4, 0.5) is 5.82 Å². The number of carbonyl (C=O) groups excluding carboxylic acids is 2. The topological polar surface area (TPSA) is 71.5 Å². The van der Waals surface area contributed by atoms with Crippen LogP contribution in [0.3, 0.4) is 0 Å². The molecule has 6 nitrogen and oxygen atoms in total. The molecular formula is C21H25N3O3. The van der Waals surface area contributed by atoms with E-state index in [9.17, 15) is 9.59 Å². The average molecular weight is 367 g/mol. The van der Waals surface area contributed by atoms with Crippen molar-refractivity contribution in [1.82, 2.24) is 9.88 Å². The van der Waals surface area contributed by atoms with Crippen LogP contribution in [0.2, 0.25) is 0 Å². The molecule has 2 heterocycles. The van der Waals surface area contributed by atoms with Gasteiger partial charge in [-0.1, -0.05) is 18.2 Å². The predicted octanol–water partition coefficient (Wildman–Crippen LogP) is 2.95. The number of nitrogens with one attached hydrogen (secondary N) is 1. The normalized spacial score (nSPS) is 14.7. The maximum absolute atomic E-state index is 12.4. The van der Waals surface area contributed by atoms with Crippen LogP contribution in [0.25, 0.3) is 0 Å². The summed E-state index contributed by atoms with van der Waals surface area (Å²) >= 11 is 0. The zero-order chi connectivity index (χ0) is 19.2. The first-order valence-electron chi connectivity index (χ1n) is 9.22. The van der Waals surface area contributed by atoms with E-state index < -0.39 is 0 Å². The number of ether oxygens (including phenoxy) is 1. The first-order valence-corrected chi connectivity index (χ1v) is 9.22. The Morgan fingerprint density at radius 3 is 2.67 bits per heavy atom. The van der Waals surface area contributed by atoms with Crippen LogP contribution in [0.5, 0.6) is 5.75 Å². The Morgan fingerprint density at radius 2 is 1.96 bits per heavy atom. The Hall–Kier alpha value is -2.89. The molecule has 1 aliphatic heterocycles. The van der Waals surface area contributed by atoms with Gasteiger partial charge in [0.1, 0.15) is 11.6 Å². The zero-order valence-electron chi connectivity index (χ0n) is 15.8. The van der Waals surface area contributed by atoms with Gasteiger partial charge in [-0.25, -0.2) is 4.98 Å². The molecule has 0 bridgehead atoms. The number of aromatic nitrogens is 1. The van der Waals surface area contributed by atoms with Gasteiger partial charge in [0, 0.05) is 25.2 Å². The van der Waals surface area contributed by atoms with E-state index in [1.165, 1.54) is 0 Å². The number of hydrogen-bond acceptors (Lipinski definition) is 4. The van der Waals surface area contributed by atoms with Gasteiger partial charge < -0.3 is 15.0 Å². The van der Waals surface area contributed by atoms with Gasteiger partial charge in [-0.2, -0.15) is 0 Å². The third-order valence-corrected chi connectivity index (χ3v) is 4.83. The number of benzene rings is 1. The maximum Gasteiger partial charge on any atom is 0.260 e. The van der Waals surface area contributed by atoms with Crippen LogP contribution >= 0.6 is 0 Å². The summed E-state index contributed by atoms with van der Waals surface area (Å²) in [5, 5.41) is 2.84. The zero-order valence-corrected chi connectivity index (χ0v) is 15.8. The van der Waals surface area contributed by atoms with Gasteiger partial charge in [0.05, 0.1) is 0 Å². The quantitative estimate of drug-likeness (QED) is 0.882. The highest BCUT2D eigenvalue weighted by atomic mass is 16.5. The molecule has 27 heavy (non-hydrogen) atoms. The fourth-order valence-corrected chi connectivity index (χ4v) is 3.15. The third kappa shape index (κ3) is 5.06. The van der Waals surface area contributed by atoms with Gasteiger partial charge in [-0.15, -0.1) is 0 Å². The van der Waals surface area contributed by atoms with E-state index in [1.54, 1.807) is 23.2 Å². The van der Waals surface area contributed by atoms with Crippen LogP contribution in [0.1, 0.15) is 24.0 Å². The fourth-order valence-electron chi connectivity index (χ4n) is 3.15. The molecule has 0 atom stereocenters. The molecule has 0 aliphatic carbocycles. The van der Waals surface area contributed by atoms with Crippen LogP contribution in [0.15, 0.2) is 42.6 Å². The Morgan fingerprint density at radius 1 is 1.19 bits per heavy atom. The minimum absolute atomic E-state index is 0.0229.